The second kappa shape index (κ2) is 56.0. The lowest BCUT2D eigenvalue weighted by molar-refractivity contribution is -0.132. The first kappa shape index (κ1) is 66.0. The highest BCUT2D eigenvalue weighted by Gasteiger charge is 2.28. The van der Waals surface area contributed by atoms with Crippen molar-refractivity contribution in [3.05, 3.63) is 12.2 Å². The number of allylic oxidation sites excluding steroid dienone is 2. The molecular formula is C61H121NO5. The molecule has 0 aliphatic heterocycles. The van der Waals surface area contributed by atoms with E-state index in [1.807, 2.05) is 0 Å². The van der Waals surface area contributed by atoms with E-state index < -0.39 is 36.9 Å². The van der Waals surface area contributed by atoms with Gasteiger partial charge in [0.15, 0.2) is 0 Å². The van der Waals surface area contributed by atoms with Crippen LogP contribution in [0.1, 0.15) is 341 Å². The van der Waals surface area contributed by atoms with Gasteiger partial charge >= 0.3 is 0 Å². The van der Waals surface area contributed by atoms with Crippen molar-refractivity contribution in [3.63, 3.8) is 0 Å². The van der Waals surface area contributed by atoms with Crippen molar-refractivity contribution >= 4 is 5.91 Å². The number of hydrogen-bond donors (Lipinski definition) is 5. The van der Waals surface area contributed by atoms with Gasteiger partial charge in [0.2, 0.25) is 5.91 Å². The highest BCUT2D eigenvalue weighted by molar-refractivity contribution is 5.80. The van der Waals surface area contributed by atoms with Crippen molar-refractivity contribution in [1.29, 1.82) is 0 Å². The SMILES string of the molecule is CCCCCCCCCCCCCCCCCC/C=C\CCCCCCCCCCCCCCCCCCC(O)C(=O)NC(CO)C(O)C(O)CCCCCCCCCCCCCCCCC. The van der Waals surface area contributed by atoms with Crippen LogP contribution < -0.4 is 5.32 Å². The predicted molar refractivity (Wildman–Crippen MR) is 293 cm³/mol. The normalized spacial score (nSPS) is 13.7. The van der Waals surface area contributed by atoms with E-state index in [0.717, 1.165) is 38.5 Å². The van der Waals surface area contributed by atoms with Crippen LogP contribution in [0.3, 0.4) is 0 Å². The standard InChI is InChI=1S/C61H121NO5/c1-3-5-7-9-11-13-15-17-19-20-21-22-23-24-25-26-27-28-29-30-31-32-33-34-35-36-37-38-39-41-43-45-47-49-51-53-55-59(65)61(67)62-57(56-63)60(66)58(64)54-52-50-48-46-44-42-40-18-16-14-12-10-8-6-4-2/h28-29,57-60,63-66H,3-27,30-56H2,1-2H3,(H,62,67)/b29-28-. The van der Waals surface area contributed by atoms with Crippen LogP contribution in [-0.2, 0) is 4.79 Å². The second-order valence-electron chi connectivity index (χ2n) is 21.4. The molecule has 6 nitrogen and oxygen atoms in total. The molecule has 0 radical (unpaired) electrons. The molecule has 0 rings (SSSR count). The highest BCUT2D eigenvalue weighted by Crippen LogP contribution is 2.19. The lowest BCUT2D eigenvalue weighted by atomic mass is 9.99. The van der Waals surface area contributed by atoms with Crippen molar-refractivity contribution in [3.8, 4) is 0 Å². The summed E-state index contributed by atoms with van der Waals surface area (Å²) in [6.07, 6.45) is 67.4. The maximum absolute atomic E-state index is 12.6. The van der Waals surface area contributed by atoms with Crippen LogP contribution in [-0.4, -0.2) is 57.3 Å². The minimum absolute atomic E-state index is 0.374. The summed E-state index contributed by atoms with van der Waals surface area (Å²) in [5, 5.41) is 44.0. The molecule has 4 unspecified atom stereocenters. The molecule has 67 heavy (non-hydrogen) atoms. The Kier molecular flexibility index (Phi) is 55.2. The number of carbonyl (C=O) groups excluding carboxylic acids is 1. The first-order valence-electron chi connectivity index (χ1n) is 30.6. The molecule has 0 saturated heterocycles. The fourth-order valence-electron chi connectivity index (χ4n) is 9.93. The van der Waals surface area contributed by atoms with E-state index in [-0.39, 0.29) is 0 Å². The highest BCUT2D eigenvalue weighted by atomic mass is 16.3. The Balaban J connectivity index is 3.51. The Morgan fingerprint density at radius 1 is 0.358 bits per heavy atom. The molecule has 0 aliphatic carbocycles. The van der Waals surface area contributed by atoms with Crippen LogP contribution in [0, 0.1) is 0 Å². The monoisotopic (exact) mass is 948 g/mol. The van der Waals surface area contributed by atoms with Crippen molar-refractivity contribution in [2.75, 3.05) is 6.61 Å². The zero-order valence-electron chi connectivity index (χ0n) is 45.4. The minimum Gasteiger partial charge on any atom is -0.394 e. The average Bonchev–Trinajstić information content (AvgIpc) is 3.33. The molecule has 0 saturated carbocycles. The third-order valence-electron chi connectivity index (χ3n) is 14.7. The number of rotatable bonds is 57. The van der Waals surface area contributed by atoms with Gasteiger partial charge in [-0.05, 0) is 38.5 Å². The summed E-state index contributed by atoms with van der Waals surface area (Å²) >= 11 is 0. The summed E-state index contributed by atoms with van der Waals surface area (Å²) in [5.74, 6) is -0.578. The number of nitrogens with one attached hydrogen (secondary N) is 1. The van der Waals surface area contributed by atoms with Gasteiger partial charge in [0.25, 0.3) is 0 Å². The molecule has 1 amide bonds. The predicted octanol–water partition coefficient (Wildman–Crippen LogP) is 18.0. The Bertz CT molecular complexity index is 975. The van der Waals surface area contributed by atoms with Gasteiger partial charge in [-0.1, -0.05) is 315 Å². The number of aliphatic hydroxyl groups is 4. The van der Waals surface area contributed by atoms with Crippen LogP contribution in [0.2, 0.25) is 0 Å². The van der Waals surface area contributed by atoms with E-state index >= 15 is 0 Å². The molecule has 0 heterocycles. The van der Waals surface area contributed by atoms with Crippen molar-refractivity contribution in [1.82, 2.24) is 5.32 Å². The molecule has 0 aromatic carbocycles. The van der Waals surface area contributed by atoms with E-state index in [1.54, 1.807) is 0 Å². The summed E-state index contributed by atoms with van der Waals surface area (Å²) < 4.78 is 0. The van der Waals surface area contributed by atoms with Crippen molar-refractivity contribution < 1.29 is 25.2 Å². The van der Waals surface area contributed by atoms with Crippen molar-refractivity contribution in [2.45, 2.75) is 366 Å². The first-order chi connectivity index (χ1) is 33.0. The van der Waals surface area contributed by atoms with Gasteiger partial charge in [0.1, 0.15) is 12.2 Å². The second-order valence-corrected chi connectivity index (χ2v) is 21.4. The number of carbonyl (C=O) groups is 1. The van der Waals surface area contributed by atoms with Crippen molar-refractivity contribution in [2.24, 2.45) is 0 Å². The number of aliphatic hydroxyl groups excluding tert-OH is 4. The lowest BCUT2D eigenvalue weighted by Crippen LogP contribution is -2.53. The average molecular weight is 949 g/mol. The Morgan fingerprint density at radius 2 is 0.597 bits per heavy atom. The molecule has 5 N–H and O–H groups in total. The molecule has 0 bridgehead atoms. The van der Waals surface area contributed by atoms with E-state index in [1.165, 1.54) is 276 Å². The maximum Gasteiger partial charge on any atom is 0.249 e. The van der Waals surface area contributed by atoms with E-state index in [2.05, 4.69) is 31.3 Å². The van der Waals surface area contributed by atoms with Crippen LogP contribution in [0.4, 0.5) is 0 Å². The molecule has 0 spiro atoms. The summed E-state index contributed by atoms with van der Waals surface area (Å²) in [6, 6.07) is -0.982. The molecule has 0 aromatic rings. The summed E-state index contributed by atoms with van der Waals surface area (Å²) in [7, 11) is 0. The number of amides is 1. The van der Waals surface area contributed by atoms with Gasteiger partial charge in [-0.3, -0.25) is 4.79 Å². The van der Waals surface area contributed by atoms with Gasteiger partial charge in [0.05, 0.1) is 18.8 Å². The number of hydrogen-bond acceptors (Lipinski definition) is 5. The first-order valence-corrected chi connectivity index (χ1v) is 30.6. The minimum atomic E-state index is -1.26. The molecule has 6 heteroatoms. The molecule has 0 fully saturated rings. The van der Waals surface area contributed by atoms with Crippen LogP contribution in [0.5, 0.6) is 0 Å². The zero-order valence-corrected chi connectivity index (χ0v) is 45.4. The Labute approximate surface area is 419 Å². The lowest BCUT2D eigenvalue weighted by Gasteiger charge is -2.27. The summed E-state index contributed by atoms with van der Waals surface area (Å²) in [5.41, 5.74) is 0. The van der Waals surface area contributed by atoms with Gasteiger partial charge in [-0.25, -0.2) is 0 Å². The fourth-order valence-corrected chi connectivity index (χ4v) is 9.93. The van der Waals surface area contributed by atoms with Gasteiger partial charge in [-0.15, -0.1) is 0 Å². The third-order valence-corrected chi connectivity index (χ3v) is 14.7. The number of unbranched alkanes of at least 4 members (excludes halogenated alkanes) is 46. The zero-order chi connectivity index (χ0) is 48.8. The fraction of sp³-hybridized carbons (Fsp3) is 0.951. The van der Waals surface area contributed by atoms with Gasteiger partial charge in [-0.2, -0.15) is 0 Å². The summed E-state index contributed by atoms with van der Waals surface area (Å²) in [6.45, 7) is 4.09. The molecule has 4 atom stereocenters. The largest absolute Gasteiger partial charge is 0.394 e. The quantitative estimate of drug-likeness (QED) is 0.0308. The molecule has 0 aromatic heterocycles. The maximum atomic E-state index is 12.6. The third kappa shape index (κ3) is 49.8. The molecule has 0 aliphatic rings. The Morgan fingerprint density at radius 3 is 0.866 bits per heavy atom. The molecule has 400 valence electrons. The Hall–Kier alpha value is -0.950. The smallest absolute Gasteiger partial charge is 0.249 e. The van der Waals surface area contributed by atoms with Crippen LogP contribution in [0.25, 0.3) is 0 Å². The van der Waals surface area contributed by atoms with Crippen LogP contribution in [0.15, 0.2) is 12.2 Å². The van der Waals surface area contributed by atoms with Crippen LogP contribution >= 0.6 is 0 Å². The van der Waals surface area contributed by atoms with E-state index in [4.69, 9.17) is 0 Å². The topological polar surface area (TPSA) is 110 Å². The molecular weight excluding hydrogens is 827 g/mol. The summed E-state index contributed by atoms with van der Waals surface area (Å²) in [4.78, 5) is 12.6. The van der Waals surface area contributed by atoms with E-state index in [0.29, 0.717) is 12.8 Å². The van der Waals surface area contributed by atoms with E-state index in [9.17, 15) is 25.2 Å². The van der Waals surface area contributed by atoms with Gasteiger partial charge in [0, 0.05) is 0 Å². The van der Waals surface area contributed by atoms with Gasteiger partial charge < -0.3 is 25.7 Å².